The molecular weight excluding hydrogens is 837 g/mol. The Balaban J connectivity index is 1.46. The lowest BCUT2D eigenvalue weighted by Gasteiger charge is -2.60. The zero-order valence-corrected chi connectivity index (χ0v) is 40.7. The molecule has 0 radical (unpaired) electrons. The van der Waals surface area contributed by atoms with Gasteiger partial charge in [0.2, 0.25) is 18.0 Å². The number of oxime groups is 1. The highest BCUT2D eigenvalue weighted by Gasteiger charge is 2.65. The predicted octanol–water partition coefficient (Wildman–Crippen LogP) is 12.5. The van der Waals surface area contributed by atoms with E-state index in [1.54, 1.807) is 17.8 Å². The first-order valence-corrected chi connectivity index (χ1v) is 26.6. The van der Waals surface area contributed by atoms with E-state index in [0.29, 0.717) is 44.6 Å². The Morgan fingerprint density at radius 1 is 0.908 bits per heavy atom. The number of nitrogens with zero attached hydrogens (tertiary/aromatic N) is 2. The molecule has 360 valence electrons. The van der Waals surface area contributed by atoms with E-state index < -0.39 is 18.1 Å². The van der Waals surface area contributed by atoms with Gasteiger partial charge < -0.3 is 38.9 Å². The lowest BCUT2D eigenvalue weighted by Crippen LogP contribution is -2.70. The highest BCUT2D eigenvalue weighted by atomic mass is 32.2. The van der Waals surface area contributed by atoms with Crippen molar-refractivity contribution in [1.82, 2.24) is 4.90 Å². The number of thioether (sulfide) groups is 1. The van der Waals surface area contributed by atoms with E-state index in [0.717, 1.165) is 99.0 Å². The Bertz CT molecular complexity index is 1810. The average Bonchev–Trinajstić information content (AvgIpc) is 3.33. The molecule has 2 aliphatic carbocycles. The molecule has 4 aliphatic rings. The molecule has 2 N–H and O–H groups in total. The van der Waals surface area contributed by atoms with Gasteiger partial charge in [-0.15, -0.1) is 18.3 Å². The standard InChI is InChI=1S/C54H80N2O8S/c1-5-8-9-10-11-12-13-14-15-24-50(59)56(32-6-2)49-39-47(55-64-51-25-18-21-36-60-51)45-37-40(22-16-19-33-57)44(23-17-20-34-58)52-46-38-42(62-41-26-29-43(65-4)30-27-41)28-31-48(46)63-54(49,53(45)52)61-35-7-3/h7,26-31,37-38,40,44,49,51-53,57-58H,3,5-6,8-25,32-36,39H2,1-2,4H3/t40-,44+,49-,51?,52+,53+,54+/m0/s1. The van der Waals surface area contributed by atoms with E-state index in [4.69, 9.17) is 28.9 Å². The number of hydrogen-bond donors (Lipinski definition) is 2. The molecule has 2 aromatic rings. The number of fused-ring (bicyclic) bond motifs is 2. The Morgan fingerprint density at radius 3 is 2.31 bits per heavy atom. The van der Waals surface area contributed by atoms with Gasteiger partial charge >= 0.3 is 0 Å². The molecule has 2 fully saturated rings. The molecule has 2 heterocycles. The molecule has 0 bridgehead atoms. The molecule has 1 saturated heterocycles. The van der Waals surface area contributed by atoms with Crippen molar-refractivity contribution in [2.45, 2.75) is 178 Å². The largest absolute Gasteiger partial charge is 0.459 e. The fourth-order valence-corrected chi connectivity index (χ4v) is 11.2. The van der Waals surface area contributed by atoms with Gasteiger partial charge in [0.05, 0.1) is 24.8 Å². The minimum Gasteiger partial charge on any atom is -0.459 e. The third-order valence-electron chi connectivity index (χ3n) is 14.0. The Hall–Kier alpha value is -3.35. The highest BCUT2D eigenvalue weighted by Crippen LogP contribution is 2.62. The molecule has 2 aliphatic heterocycles. The van der Waals surface area contributed by atoms with Crippen molar-refractivity contribution in [1.29, 1.82) is 0 Å². The van der Waals surface area contributed by atoms with E-state index in [1.807, 2.05) is 24.3 Å². The van der Waals surface area contributed by atoms with Crippen LogP contribution in [0.3, 0.4) is 0 Å². The number of aliphatic hydroxyl groups excluding tert-OH is 2. The number of allylic oxidation sites excluding steroid dienone is 1. The van der Waals surface area contributed by atoms with Crippen LogP contribution in [0.15, 0.2) is 76.8 Å². The lowest BCUT2D eigenvalue weighted by molar-refractivity contribution is -0.257. The van der Waals surface area contributed by atoms with Crippen LogP contribution in [-0.2, 0) is 19.1 Å². The van der Waals surface area contributed by atoms with Crippen molar-refractivity contribution in [3.05, 3.63) is 72.3 Å². The fourth-order valence-electron chi connectivity index (χ4n) is 10.8. The van der Waals surface area contributed by atoms with E-state index in [1.165, 1.54) is 43.4 Å². The maximum Gasteiger partial charge on any atom is 0.239 e. The van der Waals surface area contributed by atoms with Crippen molar-refractivity contribution in [3.63, 3.8) is 0 Å². The maximum absolute atomic E-state index is 14.9. The van der Waals surface area contributed by atoms with E-state index in [2.05, 4.69) is 55.9 Å². The molecule has 2 aromatic carbocycles. The maximum atomic E-state index is 14.9. The average molecular weight is 917 g/mol. The summed E-state index contributed by atoms with van der Waals surface area (Å²) in [6, 6.07) is 13.8. The van der Waals surface area contributed by atoms with E-state index in [-0.39, 0.29) is 49.4 Å². The molecule has 1 amide bonds. The first kappa shape index (κ1) is 51.0. The number of amides is 1. The van der Waals surface area contributed by atoms with Crippen molar-refractivity contribution < 1.29 is 38.8 Å². The summed E-state index contributed by atoms with van der Waals surface area (Å²) in [4.78, 5) is 24.4. The number of rotatable bonds is 29. The van der Waals surface area contributed by atoms with Crippen molar-refractivity contribution in [2.24, 2.45) is 22.9 Å². The number of carbonyl (C=O) groups is 1. The van der Waals surface area contributed by atoms with Gasteiger partial charge in [-0.25, -0.2) is 0 Å². The van der Waals surface area contributed by atoms with Gasteiger partial charge in [-0.3, -0.25) is 4.79 Å². The van der Waals surface area contributed by atoms with Crippen molar-refractivity contribution in [3.8, 4) is 17.2 Å². The van der Waals surface area contributed by atoms with E-state index >= 15 is 0 Å². The first-order chi connectivity index (χ1) is 31.9. The predicted molar refractivity (Wildman–Crippen MR) is 262 cm³/mol. The zero-order valence-electron chi connectivity index (χ0n) is 39.9. The van der Waals surface area contributed by atoms with Crippen LogP contribution >= 0.6 is 11.8 Å². The minimum atomic E-state index is -1.28. The molecular formula is C54H80N2O8S. The Kier molecular flexibility index (Phi) is 21.1. The van der Waals surface area contributed by atoms with Crippen LogP contribution in [-0.4, -0.2) is 84.1 Å². The number of benzene rings is 2. The molecule has 0 spiro atoms. The summed E-state index contributed by atoms with van der Waals surface area (Å²) in [5.41, 5.74) is 2.88. The number of ether oxygens (including phenoxy) is 4. The summed E-state index contributed by atoms with van der Waals surface area (Å²) in [7, 11) is 0. The van der Waals surface area contributed by atoms with Gasteiger partial charge in [0.15, 0.2) is 0 Å². The first-order valence-electron chi connectivity index (χ1n) is 25.4. The molecule has 7 atom stereocenters. The van der Waals surface area contributed by atoms with Gasteiger partial charge in [-0.05, 0) is 117 Å². The van der Waals surface area contributed by atoms with Crippen LogP contribution in [0.2, 0.25) is 0 Å². The summed E-state index contributed by atoms with van der Waals surface area (Å²) in [6.45, 7) is 10.2. The highest BCUT2D eigenvalue weighted by molar-refractivity contribution is 7.98. The summed E-state index contributed by atoms with van der Waals surface area (Å²) >= 11 is 1.70. The van der Waals surface area contributed by atoms with Crippen LogP contribution in [0, 0.1) is 17.8 Å². The summed E-state index contributed by atoms with van der Waals surface area (Å²) in [5.74, 6) is 0.800. The third kappa shape index (κ3) is 13.4. The molecule has 1 unspecified atom stereocenters. The molecule has 65 heavy (non-hydrogen) atoms. The SMILES string of the molecule is C=CCO[C@@]12Oc3ccc(Oc4ccc(SC)cc4)cc3[C@H]3[C@H](CCCCO)[C@@H](CCCCO)C=C(C(=NOC4CCCCO4)C[C@@H]1N(CCC)C(=O)CCCCCCCCCCC)[C@H]32. The van der Waals surface area contributed by atoms with Gasteiger partial charge in [0, 0.05) is 55.4 Å². The van der Waals surface area contributed by atoms with Gasteiger partial charge in [-0.1, -0.05) is 95.4 Å². The van der Waals surface area contributed by atoms with Crippen LogP contribution in [0.4, 0.5) is 0 Å². The summed E-state index contributed by atoms with van der Waals surface area (Å²) < 4.78 is 27.3. The second-order valence-corrected chi connectivity index (χ2v) is 19.5. The smallest absolute Gasteiger partial charge is 0.239 e. The monoisotopic (exact) mass is 917 g/mol. The summed E-state index contributed by atoms with van der Waals surface area (Å²) in [6.07, 6.45) is 25.8. The topological polar surface area (TPSA) is 119 Å². The van der Waals surface area contributed by atoms with Crippen LogP contribution in [0.1, 0.15) is 160 Å². The Morgan fingerprint density at radius 2 is 1.63 bits per heavy atom. The van der Waals surface area contributed by atoms with Gasteiger partial charge in [0.1, 0.15) is 23.3 Å². The van der Waals surface area contributed by atoms with Crippen molar-refractivity contribution in [2.75, 3.05) is 39.2 Å². The van der Waals surface area contributed by atoms with Crippen molar-refractivity contribution >= 4 is 23.4 Å². The minimum absolute atomic E-state index is 0.115. The van der Waals surface area contributed by atoms with Crippen LogP contribution < -0.4 is 9.47 Å². The molecule has 10 nitrogen and oxygen atoms in total. The summed E-state index contributed by atoms with van der Waals surface area (Å²) in [5, 5.41) is 25.0. The van der Waals surface area contributed by atoms with Crippen LogP contribution in [0.25, 0.3) is 0 Å². The second-order valence-electron chi connectivity index (χ2n) is 18.6. The zero-order chi connectivity index (χ0) is 45.9. The van der Waals surface area contributed by atoms with E-state index in [9.17, 15) is 15.0 Å². The molecule has 1 saturated carbocycles. The molecule has 11 heteroatoms. The third-order valence-corrected chi connectivity index (χ3v) is 14.8. The quantitative estimate of drug-likeness (QED) is 0.0356. The molecule has 0 aromatic heterocycles. The number of aliphatic hydroxyl groups is 2. The molecule has 6 rings (SSSR count). The Labute approximate surface area is 394 Å². The van der Waals surface area contributed by atoms with Gasteiger partial charge in [0.25, 0.3) is 0 Å². The number of carbonyl (C=O) groups excluding carboxylic acids is 1. The second kappa shape index (κ2) is 26.9. The fraction of sp³-hybridized carbons (Fsp3) is 0.667. The van der Waals surface area contributed by atoms with Gasteiger partial charge in [-0.2, -0.15) is 0 Å². The number of unbranched alkanes of at least 4 members (excludes halogenated alkanes) is 10. The number of hydrogen-bond acceptors (Lipinski definition) is 10. The lowest BCUT2D eigenvalue weighted by atomic mass is 9.55. The van der Waals surface area contributed by atoms with Crippen LogP contribution in [0.5, 0.6) is 17.2 Å². The normalized spacial score (nSPS) is 25.2.